The fourth-order valence-electron chi connectivity index (χ4n) is 2.52. The molecule has 6 nitrogen and oxygen atoms in total. The van der Waals surface area contributed by atoms with E-state index in [1.54, 1.807) is 19.2 Å². The van der Waals surface area contributed by atoms with Crippen LogP contribution in [0.25, 0.3) is 0 Å². The van der Waals surface area contributed by atoms with Crippen LogP contribution < -0.4 is 10.6 Å². The van der Waals surface area contributed by atoms with Crippen molar-refractivity contribution in [2.45, 2.75) is 27.3 Å². The Bertz CT molecular complexity index is 925. The van der Waals surface area contributed by atoms with E-state index in [0.29, 0.717) is 23.9 Å². The quantitative estimate of drug-likeness (QED) is 0.736. The first-order chi connectivity index (χ1) is 12.5. The zero-order valence-electron chi connectivity index (χ0n) is 15.1. The number of hydrogen-bond acceptors (Lipinski definition) is 5. The Morgan fingerprint density at radius 1 is 1.04 bits per heavy atom. The second-order valence-corrected chi connectivity index (χ2v) is 6.13. The second-order valence-electron chi connectivity index (χ2n) is 6.13. The van der Waals surface area contributed by atoms with E-state index >= 15 is 0 Å². The van der Waals surface area contributed by atoms with E-state index in [0.717, 1.165) is 22.5 Å². The number of nitrogens with one attached hydrogen (secondary N) is 2. The van der Waals surface area contributed by atoms with E-state index in [-0.39, 0.29) is 5.91 Å². The molecule has 0 bridgehead atoms. The number of amides is 1. The monoisotopic (exact) mass is 347 g/mol. The van der Waals surface area contributed by atoms with Gasteiger partial charge in [-0.05, 0) is 50.1 Å². The highest BCUT2D eigenvalue weighted by Gasteiger charge is 2.12. The molecule has 3 rings (SSSR count). The maximum atomic E-state index is 12.6. The average Bonchev–Trinajstić information content (AvgIpc) is 2.63. The van der Waals surface area contributed by atoms with Crippen molar-refractivity contribution in [1.29, 1.82) is 0 Å². The van der Waals surface area contributed by atoms with Gasteiger partial charge in [0.05, 0.1) is 12.2 Å². The van der Waals surface area contributed by atoms with Crippen LogP contribution >= 0.6 is 0 Å². The maximum Gasteiger partial charge on any atom is 0.274 e. The van der Waals surface area contributed by atoms with Crippen molar-refractivity contribution >= 4 is 17.4 Å². The van der Waals surface area contributed by atoms with Gasteiger partial charge >= 0.3 is 0 Å². The van der Waals surface area contributed by atoms with Crippen LogP contribution in [0.1, 0.15) is 33.1 Å². The van der Waals surface area contributed by atoms with Gasteiger partial charge in [0.15, 0.2) is 0 Å². The molecule has 6 heteroatoms. The van der Waals surface area contributed by atoms with Crippen molar-refractivity contribution in [2.24, 2.45) is 0 Å². The van der Waals surface area contributed by atoms with E-state index in [9.17, 15) is 4.79 Å². The number of carbonyl (C=O) groups excluding carboxylic acids is 1. The van der Waals surface area contributed by atoms with Crippen molar-refractivity contribution in [1.82, 2.24) is 15.0 Å². The molecule has 132 valence electrons. The first-order valence-electron chi connectivity index (χ1n) is 8.39. The Hall–Kier alpha value is -3.28. The van der Waals surface area contributed by atoms with Gasteiger partial charge in [0.25, 0.3) is 5.91 Å². The molecule has 0 atom stereocenters. The predicted octanol–water partition coefficient (Wildman–Crippen LogP) is 3.66. The smallest absolute Gasteiger partial charge is 0.274 e. The van der Waals surface area contributed by atoms with Gasteiger partial charge in [-0.25, -0.2) is 9.97 Å². The number of aryl methyl sites for hydroxylation is 3. The molecule has 0 aliphatic carbocycles. The fraction of sp³-hybridized carbons (Fsp3) is 0.200. The third-order valence-electron chi connectivity index (χ3n) is 3.89. The first kappa shape index (κ1) is 17.5. The molecule has 2 heterocycles. The van der Waals surface area contributed by atoms with Gasteiger partial charge in [0.2, 0.25) is 0 Å². The normalized spacial score (nSPS) is 10.4. The van der Waals surface area contributed by atoms with Crippen LogP contribution in [-0.2, 0) is 6.54 Å². The van der Waals surface area contributed by atoms with Crippen LogP contribution in [0.3, 0.4) is 0 Å². The molecule has 0 unspecified atom stereocenters. The molecule has 26 heavy (non-hydrogen) atoms. The van der Waals surface area contributed by atoms with Gasteiger partial charge in [-0.3, -0.25) is 9.78 Å². The van der Waals surface area contributed by atoms with E-state index in [2.05, 4.69) is 25.6 Å². The number of pyridine rings is 1. The van der Waals surface area contributed by atoms with Crippen LogP contribution in [0.5, 0.6) is 0 Å². The van der Waals surface area contributed by atoms with Gasteiger partial charge in [-0.15, -0.1) is 0 Å². The number of hydrogen-bond donors (Lipinski definition) is 2. The zero-order chi connectivity index (χ0) is 18.5. The lowest BCUT2D eigenvalue weighted by molar-refractivity contribution is 0.102. The van der Waals surface area contributed by atoms with E-state index in [1.807, 2.05) is 50.2 Å². The number of nitrogens with zero attached hydrogens (tertiary/aromatic N) is 3. The first-order valence-corrected chi connectivity index (χ1v) is 8.39. The van der Waals surface area contributed by atoms with Gasteiger partial charge in [0, 0.05) is 18.0 Å². The number of anilines is 2. The minimum atomic E-state index is -0.259. The molecule has 3 aromatic rings. The summed E-state index contributed by atoms with van der Waals surface area (Å²) in [5, 5.41) is 6.11. The molecule has 1 amide bonds. The van der Waals surface area contributed by atoms with Gasteiger partial charge in [0.1, 0.15) is 17.3 Å². The highest BCUT2D eigenvalue weighted by Crippen LogP contribution is 2.18. The van der Waals surface area contributed by atoms with Crippen LogP contribution in [-0.4, -0.2) is 20.9 Å². The lowest BCUT2D eigenvalue weighted by atomic mass is 10.1. The summed E-state index contributed by atoms with van der Waals surface area (Å²) in [6.07, 6.45) is 1.74. The zero-order valence-corrected chi connectivity index (χ0v) is 15.1. The second kappa shape index (κ2) is 7.74. The molecule has 2 aromatic heterocycles. The average molecular weight is 347 g/mol. The summed E-state index contributed by atoms with van der Waals surface area (Å²) in [6.45, 7) is 6.24. The summed E-state index contributed by atoms with van der Waals surface area (Å²) >= 11 is 0. The molecule has 0 saturated carbocycles. The van der Waals surface area contributed by atoms with Crippen LogP contribution in [0, 0.1) is 20.8 Å². The third-order valence-corrected chi connectivity index (χ3v) is 3.89. The third kappa shape index (κ3) is 4.42. The van der Waals surface area contributed by atoms with Crippen molar-refractivity contribution in [3.63, 3.8) is 0 Å². The standard InChI is InChI=1S/C20H21N5O/c1-13-7-8-14(2)17(10-13)25-20(26)18-11-19(24-15(3)23-18)22-12-16-6-4-5-9-21-16/h4-11H,12H2,1-3H3,(H,25,26)(H,22,23,24). The Morgan fingerprint density at radius 3 is 2.65 bits per heavy atom. The van der Waals surface area contributed by atoms with Crippen molar-refractivity contribution in [3.05, 3.63) is 77.0 Å². The fourth-order valence-corrected chi connectivity index (χ4v) is 2.52. The Morgan fingerprint density at radius 2 is 1.88 bits per heavy atom. The predicted molar refractivity (Wildman–Crippen MR) is 102 cm³/mol. The minimum absolute atomic E-state index is 0.259. The summed E-state index contributed by atoms with van der Waals surface area (Å²) in [6, 6.07) is 13.3. The highest BCUT2D eigenvalue weighted by molar-refractivity contribution is 6.03. The lowest BCUT2D eigenvalue weighted by Gasteiger charge is -2.11. The molecule has 2 N–H and O–H groups in total. The van der Waals surface area contributed by atoms with Crippen LogP contribution in [0.4, 0.5) is 11.5 Å². The topological polar surface area (TPSA) is 79.8 Å². The van der Waals surface area contributed by atoms with E-state index in [1.165, 1.54) is 0 Å². The molecular weight excluding hydrogens is 326 g/mol. The van der Waals surface area contributed by atoms with Gasteiger partial charge in [-0.2, -0.15) is 0 Å². The SMILES string of the molecule is Cc1ccc(C)c(NC(=O)c2cc(NCc3ccccn3)nc(C)n2)c1. The summed E-state index contributed by atoms with van der Waals surface area (Å²) < 4.78 is 0. The van der Waals surface area contributed by atoms with Crippen molar-refractivity contribution < 1.29 is 4.79 Å². The number of rotatable bonds is 5. The molecule has 0 saturated heterocycles. The Labute approximate surface area is 152 Å². The number of aromatic nitrogens is 3. The summed E-state index contributed by atoms with van der Waals surface area (Å²) in [7, 11) is 0. The van der Waals surface area contributed by atoms with Crippen LogP contribution in [0.15, 0.2) is 48.7 Å². The molecule has 0 aliphatic rings. The molecule has 0 aliphatic heterocycles. The summed E-state index contributed by atoms with van der Waals surface area (Å²) in [5.74, 6) is 0.862. The minimum Gasteiger partial charge on any atom is -0.364 e. The lowest BCUT2D eigenvalue weighted by Crippen LogP contribution is -2.16. The Kier molecular flexibility index (Phi) is 5.22. The Balaban J connectivity index is 1.76. The highest BCUT2D eigenvalue weighted by atomic mass is 16.1. The van der Waals surface area contributed by atoms with Crippen LogP contribution in [0.2, 0.25) is 0 Å². The van der Waals surface area contributed by atoms with Crippen molar-refractivity contribution in [2.75, 3.05) is 10.6 Å². The summed E-state index contributed by atoms with van der Waals surface area (Å²) in [4.78, 5) is 25.5. The van der Waals surface area contributed by atoms with Crippen molar-refractivity contribution in [3.8, 4) is 0 Å². The largest absolute Gasteiger partial charge is 0.364 e. The van der Waals surface area contributed by atoms with Gasteiger partial charge < -0.3 is 10.6 Å². The molecule has 1 aromatic carbocycles. The van der Waals surface area contributed by atoms with E-state index in [4.69, 9.17) is 0 Å². The number of benzene rings is 1. The molecule has 0 radical (unpaired) electrons. The van der Waals surface area contributed by atoms with E-state index < -0.39 is 0 Å². The molecule has 0 spiro atoms. The molecule has 0 fully saturated rings. The summed E-state index contributed by atoms with van der Waals surface area (Å²) in [5.41, 5.74) is 4.09. The molecular formula is C20H21N5O. The maximum absolute atomic E-state index is 12.6. The van der Waals surface area contributed by atoms with Gasteiger partial charge in [-0.1, -0.05) is 18.2 Å². The number of carbonyl (C=O) groups is 1.